The molecule has 0 bridgehead atoms. The van der Waals surface area contributed by atoms with E-state index < -0.39 is 5.91 Å². The number of nitrogens with two attached hydrogens (primary N) is 2. The van der Waals surface area contributed by atoms with Crippen LogP contribution in [0.15, 0.2) is 22.7 Å². The van der Waals surface area contributed by atoms with Gasteiger partial charge in [0.15, 0.2) is 0 Å². The van der Waals surface area contributed by atoms with Crippen LogP contribution in [0.1, 0.15) is 10.4 Å². The number of rotatable bonds is 4. The van der Waals surface area contributed by atoms with Crippen LogP contribution in [0.25, 0.3) is 0 Å². The highest BCUT2D eigenvalue weighted by molar-refractivity contribution is 9.10. The SMILES string of the molecule is NCCOc1ccc(Br)cc1C(N)=O. The Labute approximate surface area is 90.3 Å². The van der Waals surface area contributed by atoms with Gasteiger partial charge in [-0.1, -0.05) is 15.9 Å². The van der Waals surface area contributed by atoms with Gasteiger partial charge in [0.2, 0.25) is 0 Å². The van der Waals surface area contributed by atoms with Gasteiger partial charge in [-0.2, -0.15) is 0 Å². The molecule has 0 aromatic heterocycles. The van der Waals surface area contributed by atoms with Crippen molar-refractivity contribution >= 4 is 21.8 Å². The van der Waals surface area contributed by atoms with Crippen molar-refractivity contribution in [3.8, 4) is 5.75 Å². The summed E-state index contributed by atoms with van der Waals surface area (Å²) in [6.07, 6.45) is 0. The molecule has 1 amide bonds. The molecule has 0 spiro atoms. The molecule has 0 unspecified atom stereocenters. The third-order valence-corrected chi connectivity index (χ3v) is 2.08. The summed E-state index contributed by atoms with van der Waals surface area (Å²) in [7, 11) is 0. The zero-order chi connectivity index (χ0) is 10.6. The van der Waals surface area contributed by atoms with E-state index in [1.54, 1.807) is 18.2 Å². The average molecular weight is 259 g/mol. The van der Waals surface area contributed by atoms with E-state index in [9.17, 15) is 4.79 Å². The molecule has 0 fully saturated rings. The van der Waals surface area contributed by atoms with Crippen molar-refractivity contribution in [3.05, 3.63) is 28.2 Å². The second kappa shape index (κ2) is 4.97. The summed E-state index contributed by atoms with van der Waals surface area (Å²) >= 11 is 3.24. The van der Waals surface area contributed by atoms with Crippen molar-refractivity contribution in [2.24, 2.45) is 11.5 Å². The van der Waals surface area contributed by atoms with Crippen LogP contribution in [0.3, 0.4) is 0 Å². The van der Waals surface area contributed by atoms with Gasteiger partial charge in [0.05, 0.1) is 5.56 Å². The Morgan fingerprint density at radius 1 is 1.50 bits per heavy atom. The van der Waals surface area contributed by atoms with Gasteiger partial charge >= 0.3 is 0 Å². The van der Waals surface area contributed by atoms with Gasteiger partial charge in [-0.25, -0.2) is 0 Å². The summed E-state index contributed by atoms with van der Waals surface area (Å²) in [5.74, 6) is -0.0514. The Kier molecular flexibility index (Phi) is 3.91. The normalized spacial score (nSPS) is 9.86. The first-order chi connectivity index (χ1) is 6.65. The summed E-state index contributed by atoms with van der Waals surface area (Å²) in [5, 5.41) is 0. The molecule has 4 nitrogen and oxygen atoms in total. The van der Waals surface area contributed by atoms with E-state index in [4.69, 9.17) is 16.2 Å². The van der Waals surface area contributed by atoms with Crippen LogP contribution in [0.2, 0.25) is 0 Å². The number of primary amides is 1. The van der Waals surface area contributed by atoms with E-state index in [0.29, 0.717) is 24.5 Å². The van der Waals surface area contributed by atoms with E-state index in [-0.39, 0.29) is 0 Å². The molecule has 0 heterocycles. The quantitative estimate of drug-likeness (QED) is 0.842. The zero-order valence-corrected chi connectivity index (χ0v) is 9.08. The van der Waals surface area contributed by atoms with Crippen molar-refractivity contribution in [3.63, 3.8) is 0 Å². The maximum absolute atomic E-state index is 11.0. The number of hydrogen-bond acceptors (Lipinski definition) is 3. The fraction of sp³-hybridized carbons (Fsp3) is 0.222. The summed E-state index contributed by atoms with van der Waals surface area (Å²) in [6.45, 7) is 0.760. The molecule has 0 saturated carbocycles. The average Bonchev–Trinajstić information content (AvgIpc) is 2.15. The predicted octanol–water partition coefficient (Wildman–Crippen LogP) is 0.886. The lowest BCUT2D eigenvalue weighted by molar-refractivity contribution is 0.0996. The highest BCUT2D eigenvalue weighted by Crippen LogP contribution is 2.22. The van der Waals surface area contributed by atoms with Crippen LogP contribution in [0, 0.1) is 0 Å². The monoisotopic (exact) mass is 258 g/mol. The van der Waals surface area contributed by atoms with Gasteiger partial charge in [0, 0.05) is 11.0 Å². The van der Waals surface area contributed by atoms with Crippen molar-refractivity contribution in [1.82, 2.24) is 0 Å². The molecule has 1 aromatic carbocycles. The topological polar surface area (TPSA) is 78.3 Å². The number of amides is 1. The summed E-state index contributed by atoms with van der Waals surface area (Å²) in [5.41, 5.74) is 10.8. The highest BCUT2D eigenvalue weighted by atomic mass is 79.9. The molecule has 0 saturated heterocycles. The molecule has 14 heavy (non-hydrogen) atoms. The van der Waals surface area contributed by atoms with Crippen LogP contribution in [-0.2, 0) is 0 Å². The molecule has 5 heteroatoms. The highest BCUT2D eigenvalue weighted by Gasteiger charge is 2.09. The zero-order valence-electron chi connectivity index (χ0n) is 7.50. The minimum atomic E-state index is -0.515. The van der Waals surface area contributed by atoms with Crippen LogP contribution in [0.5, 0.6) is 5.75 Å². The molecule has 0 radical (unpaired) electrons. The lowest BCUT2D eigenvalue weighted by atomic mass is 10.2. The summed E-state index contributed by atoms with van der Waals surface area (Å²) in [6, 6.07) is 5.08. The van der Waals surface area contributed by atoms with Gasteiger partial charge < -0.3 is 16.2 Å². The van der Waals surface area contributed by atoms with Crippen molar-refractivity contribution < 1.29 is 9.53 Å². The van der Waals surface area contributed by atoms with Crippen molar-refractivity contribution in [2.75, 3.05) is 13.2 Å². The van der Waals surface area contributed by atoms with Gasteiger partial charge in [-0.15, -0.1) is 0 Å². The van der Waals surface area contributed by atoms with E-state index >= 15 is 0 Å². The Hall–Kier alpha value is -1.07. The van der Waals surface area contributed by atoms with Crippen molar-refractivity contribution in [1.29, 1.82) is 0 Å². The van der Waals surface area contributed by atoms with E-state index in [1.165, 1.54) is 0 Å². The second-order valence-electron chi connectivity index (χ2n) is 2.64. The number of hydrogen-bond donors (Lipinski definition) is 2. The molecule has 0 aliphatic rings. The van der Waals surface area contributed by atoms with Crippen LogP contribution >= 0.6 is 15.9 Å². The third-order valence-electron chi connectivity index (χ3n) is 1.58. The standard InChI is InChI=1S/C9H11BrN2O2/c10-6-1-2-8(14-4-3-11)7(5-6)9(12)13/h1-2,5H,3-4,11H2,(H2,12,13). The maximum Gasteiger partial charge on any atom is 0.252 e. The molecule has 0 atom stereocenters. The van der Waals surface area contributed by atoms with Crippen LogP contribution in [-0.4, -0.2) is 19.1 Å². The largest absolute Gasteiger partial charge is 0.491 e. The summed E-state index contributed by atoms with van der Waals surface area (Å²) in [4.78, 5) is 11.0. The molecular weight excluding hydrogens is 248 g/mol. The first-order valence-electron chi connectivity index (χ1n) is 4.07. The van der Waals surface area contributed by atoms with Gasteiger partial charge in [-0.3, -0.25) is 4.79 Å². The molecule has 0 aliphatic heterocycles. The minimum Gasteiger partial charge on any atom is -0.491 e. The smallest absolute Gasteiger partial charge is 0.252 e. The Bertz CT molecular complexity index is 342. The summed E-state index contributed by atoms with van der Waals surface area (Å²) < 4.78 is 6.04. The first kappa shape index (κ1) is 11.0. The lowest BCUT2D eigenvalue weighted by Gasteiger charge is -2.08. The Morgan fingerprint density at radius 3 is 2.79 bits per heavy atom. The molecule has 4 N–H and O–H groups in total. The molecule has 76 valence electrons. The number of carbonyl (C=O) groups is 1. The number of ether oxygens (including phenoxy) is 1. The molecule has 1 aromatic rings. The van der Waals surface area contributed by atoms with Gasteiger partial charge in [0.25, 0.3) is 5.91 Å². The molecular formula is C9H11BrN2O2. The van der Waals surface area contributed by atoms with E-state index in [0.717, 1.165) is 4.47 Å². The van der Waals surface area contributed by atoms with Crippen LogP contribution < -0.4 is 16.2 Å². The maximum atomic E-state index is 11.0. The van der Waals surface area contributed by atoms with E-state index in [1.807, 2.05) is 0 Å². The number of carbonyl (C=O) groups excluding carboxylic acids is 1. The Balaban J connectivity index is 2.96. The van der Waals surface area contributed by atoms with Crippen molar-refractivity contribution in [2.45, 2.75) is 0 Å². The third kappa shape index (κ3) is 2.71. The molecule has 0 aliphatic carbocycles. The van der Waals surface area contributed by atoms with Gasteiger partial charge in [-0.05, 0) is 18.2 Å². The van der Waals surface area contributed by atoms with Gasteiger partial charge in [0.1, 0.15) is 12.4 Å². The second-order valence-corrected chi connectivity index (χ2v) is 3.56. The predicted molar refractivity (Wildman–Crippen MR) is 57.2 cm³/mol. The number of benzene rings is 1. The fourth-order valence-corrected chi connectivity index (χ4v) is 1.35. The lowest BCUT2D eigenvalue weighted by Crippen LogP contribution is -2.16. The molecule has 1 rings (SSSR count). The minimum absolute atomic E-state index is 0.354. The first-order valence-corrected chi connectivity index (χ1v) is 4.86. The Morgan fingerprint density at radius 2 is 2.21 bits per heavy atom. The fourth-order valence-electron chi connectivity index (χ4n) is 0.990. The van der Waals surface area contributed by atoms with E-state index in [2.05, 4.69) is 15.9 Å². The van der Waals surface area contributed by atoms with Crippen LogP contribution in [0.4, 0.5) is 0 Å². The number of halogens is 1.